The van der Waals surface area contributed by atoms with Crippen LogP contribution in [-0.2, 0) is 0 Å². The molecular formula is C12H18ClN3. The Balaban J connectivity index is 1.82. The monoisotopic (exact) mass is 239 g/mol. The number of para-hydroxylation sites is 1. The molecule has 1 aliphatic rings. The molecule has 3 nitrogen and oxygen atoms in total. The number of nitrogens with one attached hydrogen (secondary N) is 1. The molecule has 88 valence electrons. The molecule has 0 amide bonds. The molecule has 3 N–H and O–H groups in total. The SMILES string of the molecule is Nc1c(Cl)cccc1NCCN1CCCC1. The topological polar surface area (TPSA) is 41.3 Å². The summed E-state index contributed by atoms with van der Waals surface area (Å²) in [5.74, 6) is 0. The summed E-state index contributed by atoms with van der Waals surface area (Å²) in [5.41, 5.74) is 7.45. The zero-order valence-corrected chi connectivity index (χ0v) is 10.1. The smallest absolute Gasteiger partial charge is 0.0739 e. The summed E-state index contributed by atoms with van der Waals surface area (Å²) >= 11 is 5.94. The Morgan fingerprint density at radius 2 is 2.06 bits per heavy atom. The number of hydrogen-bond acceptors (Lipinski definition) is 3. The first-order valence-electron chi connectivity index (χ1n) is 5.77. The van der Waals surface area contributed by atoms with Crippen molar-refractivity contribution >= 4 is 23.0 Å². The quantitative estimate of drug-likeness (QED) is 0.793. The first-order valence-corrected chi connectivity index (χ1v) is 6.15. The van der Waals surface area contributed by atoms with Gasteiger partial charge in [0, 0.05) is 13.1 Å². The van der Waals surface area contributed by atoms with Gasteiger partial charge in [-0.3, -0.25) is 0 Å². The van der Waals surface area contributed by atoms with Crippen molar-refractivity contribution in [1.29, 1.82) is 0 Å². The molecule has 1 fully saturated rings. The van der Waals surface area contributed by atoms with E-state index in [4.69, 9.17) is 17.3 Å². The highest BCUT2D eigenvalue weighted by molar-refractivity contribution is 6.33. The van der Waals surface area contributed by atoms with Crippen molar-refractivity contribution in [3.8, 4) is 0 Å². The molecule has 0 spiro atoms. The van der Waals surface area contributed by atoms with Gasteiger partial charge in [0.25, 0.3) is 0 Å². The number of hydrogen-bond donors (Lipinski definition) is 2. The Morgan fingerprint density at radius 3 is 2.81 bits per heavy atom. The molecule has 0 unspecified atom stereocenters. The Kier molecular flexibility index (Phi) is 3.91. The highest BCUT2D eigenvalue weighted by Crippen LogP contribution is 2.26. The fraction of sp³-hybridized carbons (Fsp3) is 0.500. The summed E-state index contributed by atoms with van der Waals surface area (Å²) in [6.07, 6.45) is 2.67. The number of nitrogen functional groups attached to an aromatic ring is 1. The van der Waals surface area contributed by atoms with Crippen LogP contribution in [-0.4, -0.2) is 31.1 Å². The van der Waals surface area contributed by atoms with E-state index in [1.165, 1.54) is 25.9 Å². The van der Waals surface area contributed by atoms with Crippen molar-refractivity contribution in [3.63, 3.8) is 0 Å². The fourth-order valence-corrected chi connectivity index (χ4v) is 2.22. The van der Waals surface area contributed by atoms with Crippen molar-refractivity contribution in [2.45, 2.75) is 12.8 Å². The second-order valence-electron chi connectivity index (χ2n) is 4.18. The molecular weight excluding hydrogens is 222 g/mol. The van der Waals surface area contributed by atoms with E-state index >= 15 is 0 Å². The Hall–Kier alpha value is -0.930. The van der Waals surface area contributed by atoms with Gasteiger partial charge in [-0.1, -0.05) is 17.7 Å². The van der Waals surface area contributed by atoms with Gasteiger partial charge in [0.1, 0.15) is 0 Å². The van der Waals surface area contributed by atoms with Crippen LogP contribution in [0.1, 0.15) is 12.8 Å². The molecule has 1 heterocycles. The summed E-state index contributed by atoms with van der Waals surface area (Å²) < 4.78 is 0. The van der Waals surface area contributed by atoms with Crippen LogP contribution >= 0.6 is 11.6 Å². The molecule has 0 aliphatic carbocycles. The van der Waals surface area contributed by atoms with Crippen LogP contribution in [0.5, 0.6) is 0 Å². The number of benzene rings is 1. The molecule has 16 heavy (non-hydrogen) atoms. The normalized spacial score (nSPS) is 16.6. The molecule has 0 bridgehead atoms. The predicted molar refractivity (Wildman–Crippen MR) is 70.0 cm³/mol. The van der Waals surface area contributed by atoms with Gasteiger partial charge < -0.3 is 16.0 Å². The number of likely N-dealkylation sites (tertiary alicyclic amines) is 1. The van der Waals surface area contributed by atoms with Crippen molar-refractivity contribution in [2.24, 2.45) is 0 Å². The van der Waals surface area contributed by atoms with Crippen LogP contribution in [0.2, 0.25) is 5.02 Å². The zero-order chi connectivity index (χ0) is 11.4. The molecule has 1 aromatic rings. The molecule has 1 aliphatic heterocycles. The molecule has 0 atom stereocenters. The van der Waals surface area contributed by atoms with Crippen LogP contribution < -0.4 is 11.1 Å². The number of nitrogens with zero attached hydrogens (tertiary/aromatic N) is 1. The Labute approximate surface area is 102 Å². The van der Waals surface area contributed by atoms with E-state index in [9.17, 15) is 0 Å². The summed E-state index contributed by atoms with van der Waals surface area (Å²) in [6.45, 7) is 4.45. The van der Waals surface area contributed by atoms with Gasteiger partial charge in [-0.15, -0.1) is 0 Å². The second kappa shape index (κ2) is 5.41. The minimum absolute atomic E-state index is 0.617. The zero-order valence-electron chi connectivity index (χ0n) is 9.38. The van der Waals surface area contributed by atoms with E-state index in [0.29, 0.717) is 10.7 Å². The van der Waals surface area contributed by atoms with Crippen LogP contribution in [0.25, 0.3) is 0 Å². The molecule has 1 aromatic carbocycles. The lowest BCUT2D eigenvalue weighted by atomic mass is 10.2. The summed E-state index contributed by atoms with van der Waals surface area (Å²) in [4.78, 5) is 2.47. The molecule has 4 heteroatoms. The predicted octanol–water partition coefficient (Wildman–Crippen LogP) is 2.43. The maximum Gasteiger partial charge on any atom is 0.0739 e. The number of halogens is 1. The van der Waals surface area contributed by atoms with Gasteiger partial charge in [-0.25, -0.2) is 0 Å². The van der Waals surface area contributed by atoms with Crippen LogP contribution in [0, 0.1) is 0 Å². The van der Waals surface area contributed by atoms with E-state index in [2.05, 4.69) is 10.2 Å². The first-order chi connectivity index (χ1) is 7.77. The van der Waals surface area contributed by atoms with E-state index < -0.39 is 0 Å². The standard InChI is InChI=1S/C12H18ClN3/c13-10-4-3-5-11(12(10)14)15-6-9-16-7-1-2-8-16/h3-5,15H,1-2,6-9,14H2. The molecule has 0 aromatic heterocycles. The highest BCUT2D eigenvalue weighted by Gasteiger charge is 2.10. The van der Waals surface area contributed by atoms with Gasteiger partial charge in [0.15, 0.2) is 0 Å². The lowest BCUT2D eigenvalue weighted by Crippen LogP contribution is -2.26. The van der Waals surface area contributed by atoms with Gasteiger partial charge in [-0.2, -0.15) is 0 Å². The largest absolute Gasteiger partial charge is 0.396 e. The third-order valence-corrected chi connectivity index (χ3v) is 3.32. The lowest BCUT2D eigenvalue weighted by Gasteiger charge is -2.16. The van der Waals surface area contributed by atoms with Crippen molar-refractivity contribution in [2.75, 3.05) is 37.2 Å². The third-order valence-electron chi connectivity index (χ3n) is 3.00. The summed E-state index contributed by atoms with van der Waals surface area (Å²) in [7, 11) is 0. The highest BCUT2D eigenvalue weighted by atomic mass is 35.5. The van der Waals surface area contributed by atoms with Crippen molar-refractivity contribution in [3.05, 3.63) is 23.2 Å². The van der Waals surface area contributed by atoms with Gasteiger partial charge in [-0.05, 0) is 38.1 Å². The van der Waals surface area contributed by atoms with Crippen LogP contribution in [0.3, 0.4) is 0 Å². The summed E-state index contributed by atoms with van der Waals surface area (Å²) in [6, 6.07) is 5.69. The average molecular weight is 240 g/mol. The number of rotatable bonds is 4. The lowest BCUT2D eigenvalue weighted by molar-refractivity contribution is 0.353. The Morgan fingerprint density at radius 1 is 1.31 bits per heavy atom. The minimum atomic E-state index is 0.617. The fourth-order valence-electron chi connectivity index (χ4n) is 2.05. The summed E-state index contributed by atoms with van der Waals surface area (Å²) in [5, 5.41) is 3.95. The minimum Gasteiger partial charge on any atom is -0.396 e. The van der Waals surface area contributed by atoms with Gasteiger partial charge in [0.05, 0.1) is 16.4 Å². The molecule has 0 radical (unpaired) electrons. The third kappa shape index (κ3) is 2.80. The number of nitrogens with two attached hydrogens (primary N) is 1. The molecule has 1 saturated heterocycles. The molecule has 2 rings (SSSR count). The maximum atomic E-state index is 5.94. The van der Waals surface area contributed by atoms with Crippen LogP contribution in [0.4, 0.5) is 11.4 Å². The first kappa shape index (κ1) is 11.6. The van der Waals surface area contributed by atoms with Crippen molar-refractivity contribution < 1.29 is 0 Å². The second-order valence-corrected chi connectivity index (χ2v) is 4.58. The average Bonchev–Trinajstić information content (AvgIpc) is 2.77. The molecule has 0 saturated carbocycles. The van der Waals surface area contributed by atoms with Crippen molar-refractivity contribution in [1.82, 2.24) is 4.90 Å². The maximum absolute atomic E-state index is 5.94. The van der Waals surface area contributed by atoms with E-state index in [1.54, 1.807) is 0 Å². The van der Waals surface area contributed by atoms with Gasteiger partial charge in [0.2, 0.25) is 0 Å². The Bertz CT molecular complexity index is 348. The number of anilines is 2. The van der Waals surface area contributed by atoms with E-state index in [0.717, 1.165) is 18.8 Å². The van der Waals surface area contributed by atoms with Gasteiger partial charge >= 0.3 is 0 Å². The van der Waals surface area contributed by atoms with Crippen LogP contribution in [0.15, 0.2) is 18.2 Å². The van der Waals surface area contributed by atoms with E-state index in [1.807, 2.05) is 18.2 Å². The van der Waals surface area contributed by atoms with E-state index in [-0.39, 0.29) is 0 Å².